The van der Waals surface area contributed by atoms with Crippen LogP contribution in [0.25, 0.3) is 11.3 Å². The van der Waals surface area contributed by atoms with Gasteiger partial charge in [0.15, 0.2) is 5.76 Å². The van der Waals surface area contributed by atoms with Gasteiger partial charge in [-0.3, -0.25) is 19.8 Å². The third-order valence-electron chi connectivity index (χ3n) is 3.65. The zero-order valence-corrected chi connectivity index (χ0v) is 13.7. The van der Waals surface area contributed by atoms with Gasteiger partial charge < -0.3 is 9.84 Å². The summed E-state index contributed by atoms with van der Waals surface area (Å²) in [6, 6.07) is 7.75. The maximum absolute atomic E-state index is 11.8. The molecule has 0 aliphatic rings. The summed E-state index contributed by atoms with van der Waals surface area (Å²) in [6.45, 7) is 6.23. The lowest BCUT2D eigenvalue weighted by Gasteiger charge is -2.16. The molecule has 0 atom stereocenters. The molecule has 1 heterocycles. The minimum atomic E-state index is -0.455. The highest BCUT2D eigenvalue weighted by Crippen LogP contribution is 2.22. The number of benzene rings is 1. The maximum atomic E-state index is 11.8. The number of carbonyl (C=O) groups is 1. The highest BCUT2D eigenvalue weighted by Gasteiger charge is 2.11. The van der Waals surface area contributed by atoms with E-state index in [2.05, 4.69) is 10.5 Å². The molecule has 0 radical (unpaired) electrons. The minimum absolute atomic E-state index is 0.0196. The van der Waals surface area contributed by atoms with Gasteiger partial charge in [-0.05, 0) is 25.2 Å². The van der Waals surface area contributed by atoms with E-state index in [1.54, 1.807) is 18.2 Å². The van der Waals surface area contributed by atoms with Gasteiger partial charge in [0.1, 0.15) is 5.69 Å². The number of non-ortho nitro benzene ring substituents is 1. The molecule has 0 spiro atoms. The number of nitrogens with one attached hydrogen (secondary N) is 1. The van der Waals surface area contributed by atoms with E-state index in [-0.39, 0.29) is 18.1 Å². The molecule has 0 fully saturated rings. The van der Waals surface area contributed by atoms with Crippen molar-refractivity contribution in [2.24, 2.45) is 0 Å². The molecule has 1 amide bonds. The normalized spacial score (nSPS) is 10.8. The standard InChI is InChI=1S/C16H20N4O4/c1-3-19(4-2)11-16(21)17-10-14-9-15(18-24-14)12-5-7-13(8-6-12)20(22)23/h5-9H,3-4,10-11H2,1-2H3,(H,17,21). The van der Waals surface area contributed by atoms with Crippen molar-refractivity contribution in [1.82, 2.24) is 15.4 Å². The first kappa shape index (κ1) is 17.6. The molecule has 0 saturated carbocycles. The van der Waals surface area contributed by atoms with Crippen LogP contribution in [0.4, 0.5) is 5.69 Å². The third kappa shape index (κ3) is 4.63. The zero-order valence-electron chi connectivity index (χ0n) is 13.7. The van der Waals surface area contributed by atoms with E-state index in [4.69, 9.17) is 4.52 Å². The van der Waals surface area contributed by atoms with Crippen molar-refractivity contribution in [1.29, 1.82) is 0 Å². The van der Waals surface area contributed by atoms with Crippen molar-refractivity contribution in [2.75, 3.05) is 19.6 Å². The second-order valence-corrected chi connectivity index (χ2v) is 5.22. The molecular weight excluding hydrogens is 312 g/mol. The highest BCUT2D eigenvalue weighted by atomic mass is 16.6. The Kier molecular flexibility index (Phi) is 6.02. The highest BCUT2D eigenvalue weighted by molar-refractivity contribution is 5.78. The number of carbonyl (C=O) groups excluding carboxylic acids is 1. The molecule has 2 rings (SSSR count). The van der Waals surface area contributed by atoms with E-state index >= 15 is 0 Å². The first-order valence-corrected chi connectivity index (χ1v) is 7.73. The second kappa shape index (κ2) is 8.21. The number of nitro benzene ring substituents is 1. The molecule has 0 aliphatic carbocycles. The second-order valence-electron chi connectivity index (χ2n) is 5.22. The lowest BCUT2D eigenvalue weighted by molar-refractivity contribution is -0.384. The van der Waals surface area contributed by atoms with E-state index in [1.165, 1.54) is 12.1 Å². The summed E-state index contributed by atoms with van der Waals surface area (Å²) in [7, 11) is 0. The summed E-state index contributed by atoms with van der Waals surface area (Å²) in [4.78, 5) is 24.1. The van der Waals surface area contributed by atoms with E-state index in [0.29, 0.717) is 23.6 Å². The van der Waals surface area contributed by atoms with Gasteiger partial charge >= 0.3 is 0 Å². The van der Waals surface area contributed by atoms with Crippen molar-refractivity contribution in [2.45, 2.75) is 20.4 Å². The van der Waals surface area contributed by atoms with Gasteiger partial charge in [-0.25, -0.2) is 0 Å². The maximum Gasteiger partial charge on any atom is 0.269 e. The number of hydrogen-bond donors (Lipinski definition) is 1. The van der Waals surface area contributed by atoms with Gasteiger partial charge in [0.2, 0.25) is 5.91 Å². The van der Waals surface area contributed by atoms with E-state index in [0.717, 1.165) is 13.1 Å². The van der Waals surface area contributed by atoms with E-state index in [9.17, 15) is 14.9 Å². The van der Waals surface area contributed by atoms with Gasteiger partial charge in [0, 0.05) is 23.8 Å². The Hall–Kier alpha value is -2.74. The number of rotatable bonds is 8. The summed E-state index contributed by atoms with van der Waals surface area (Å²) >= 11 is 0. The van der Waals surface area contributed by atoms with E-state index < -0.39 is 4.92 Å². The van der Waals surface area contributed by atoms with Crippen LogP contribution in [0.1, 0.15) is 19.6 Å². The topological polar surface area (TPSA) is 102 Å². The van der Waals surface area contributed by atoms with E-state index in [1.807, 2.05) is 18.7 Å². The van der Waals surface area contributed by atoms with Crippen LogP contribution >= 0.6 is 0 Å². The first-order valence-electron chi connectivity index (χ1n) is 7.73. The summed E-state index contributed by atoms with van der Waals surface area (Å²) in [5, 5.41) is 17.4. The summed E-state index contributed by atoms with van der Waals surface area (Å²) in [5.74, 6) is 0.447. The van der Waals surface area contributed by atoms with Crippen molar-refractivity contribution < 1.29 is 14.2 Å². The predicted molar refractivity (Wildman–Crippen MR) is 88.2 cm³/mol. The molecule has 8 nitrogen and oxygen atoms in total. The Morgan fingerprint density at radius 1 is 1.29 bits per heavy atom. The Morgan fingerprint density at radius 2 is 1.96 bits per heavy atom. The van der Waals surface area contributed by atoms with Crippen LogP contribution < -0.4 is 5.32 Å². The Bertz CT molecular complexity index is 692. The van der Waals surface area contributed by atoms with Crippen LogP contribution in [0.15, 0.2) is 34.9 Å². The lowest BCUT2D eigenvalue weighted by atomic mass is 10.1. The van der Waals surface area contributed by atoms with Crippen LogP contribution in [0.3, 0.4) is 0 Å². The average Bonchev–Trinajstić information content (AvgIpc) is 3.07. The smallest absolute Gasteiger partial charge is 0.269 e. The molecule has 0 saturated heterocycles. The Labute approximate surface area is 139 Å². The Morgan fingerprint density at radius 3 is 2.54 bits per heavy atom. The molecule has 24 heavy (non-hydrogen) atoms. The molecule has 2 aromatic rings. The minimum Gasteiger partial charge on any atom is -0.359 e. The fourth-order valence-corrected chi connectivity index (χ4v) is 2.18. The average molecular weight is 332 g/mol. The van der Waals surface area contributed by atoms with Crippen molar-refractivity contribution in [3.63, 3.8) is 0 Å². The molecule has 1 N–H and O–H groups in total. The number of nitro groups is 1. The molecule has 1 aromatic carbocycles. The van der Waals surface area contributed by atoms with Crippen LogP contribution in [-0.2, 0) is 11.3 Å². The van der Waals surface area contributed by atoms with Gasteiger partial charge in [-0.2, -0.15) is 0 Å². The molecule has 1 aromatic heterocycles. The molecule has 0 aliphatic heterocycles. The summed E-state index contributed by atoms with van der Waals surface area (Å²) in [5.41, 5.74) is 1.30. The van der Waals surface area contributed by atoms with Crippen LogP contribution in [0.5, 0.6) is 0 Å². The van der Waals surface area contributed by atoms with Gasteiger partial charge in [0.05, 0.1) is 18.0 Å². The SMILES string of the molecule is CCN(CC)CC(=O)NCc1cc(-c2ccc([N+](=O)[O-])cc2)no1. The zero-order chi connectivity index (χ0) is 17.5. The molecule has 0 bridgehead atoms. The van der Waals surface area contributed by atoms with Crippen molar-refractivity contribution >= 4 is 11.6 Å². The number of nitrogens with zero attached hydrogens (tertiary/aromatic N) is 3. The fourth-order valence-electron chi connectivity index (χ4n) is 2.18. The van der Waals surface area contributed by atoms with Gasteiger partial charge in [0.25, 0.3) is 5.69 Å². The number of aromatic nitrogens is 1. The molecule has 8 heteroatoms. The lowest BCUT2D eigenvalue weighted by Crippen LogP contribution is -2.36. The van der Waals surface area contributed by atoms with Crippen molar-refractivity contribution in [3.05, 3.63) is 46.2 Å². The van der Waals surface area contributed by atoms with Crippen LogP contribution in [0.2, 0.25) is 0 Å². The first-order chi connectivity index (χ1) is 11.5. The largest absolute Gasteiger partial charge is 0.359 e. The summed E-state index contributed by atoms with van der Waals surface area (Å²) in [6.07, 6.45) is 0. The third-order valence-corrected chi connectivity index (χ3v) is 3.65. The number of likely N-dealkylation sites (N-methyl/N-ethyl adjacent to an activating group) is 1. The van der Waals surface area contributed by atoms with Crippen LogP contribution in [-0.4, -0.2) is 40.5 Å². The Balaban J connectivity index is 1.93. The van der Waals surface area contributed by atoms with Gasteiger partial charge in [-0.1, -0.05) is 19.0 Å². The fraction of sp³-hybridized carbons (Fsp3) is 0.375. The molecule has 128 valence electrons. The summed E-state index contributed by atoms with van der Waals surface area (Å²) < 4.78 is 5.19. The van der Waals surface area contributed by atoms with Crippen LogP contribution in [0, 0.1) is 10.1 Å². The predicted octanol–water partition coefficient (Wildman–Crippen LogP) is 2.21. The van der Waals surface area contributed by atoms with Crippen molar-refractivity contribution in [3.8, 4) is 11.3 Å². The molecular formula is C16H20N4O4. The quantitative estimate of drug-likeness (QED) is 0.587. The number of amides is 1. The van der Waals surface area contributed by atoms with Gasteiger partial charge in [-0.15, -0.1) is 0 Å². The number of hydrogen-bond acceptors (Lipinski definition) is 6. The monoisotopic (exact) mass is 332 g/mol. The molecule has 0 unspecified atom stereocenters.